The molecular weight excluding hydrogens is 408 g/mol. The van der Waals surface area contributed by atoms with Crippen molar-refractivity contribution in [3.05, 3.63) is 60.7 Å². The monoisotopic (exact) mass is 443 g/mol. The molecular formula is C24H35O4Si2. The van der Waals surface area contributed by atoms with E-state index in [1.54, 1.807) is 0 Å². The Labute approximate surface area is 184 Å². The first-order valence-corrected chi connectivity index (χ1v) is 14.4. The van der Waals surface area contributed by atoms with E-state index >= 15 is 0 Å². The predicted molar refractivity (Wildman–Crippen MR) is 127 cm³/mol. The Morgan fingerprint density at radius 2 is 1.50 bits per heavy atom. The highest BCUT2D eigenvalue weighted by atomic mass is 28.4. The molecule has 4 nitrogen and oxygen atoms in total. The molecule has 0 spiro atoms. The van der Waals surface area contributed by atoms with Gasteiger partial charge in [0, 0.05) is 18.6 Å². The van der Waals surface area contributed by atoms with Crippen LogP contribution in [0.5, 0.6) is 0 Å². The van der Waals surface area contributed by atoms with Crippen molar-refractivity contribution in [3.63, 3.8) is 0 Å². The van der Waals surface area contributed by atoms with E-state index in [2.05, 4.69) is 34.2 Å². The van der Waals surface area contributed by atoms with Gasteiger partial charge in [-0.2, -0.15) is 0 Å². The maximum absolute atomic E-state index is 12.4. The number of rotatable bonds is 9. The highest BCUT2D eigenvalue weighted by Crippen LogP contribution is 2.34. The quantitative estimate of drug-likeness (QED) is 0.474. The van der Waals surface area contributed by atoms with Gasteiger partial charge in [-0.15, -0.1) is 0 Å². The van der Waals surface area contributed by atoms with E-state index in [-0.39, 0.29) is 28.9 Å². The highest BCUT2D eigenvalue weighted by molar-refractivity contribution is 6.97. The van der Waals surface area contributed by atoms with Crippen molar-refractivity contribution in [1.29, 1.82) is 0 Å². The summed E-state index contributed by atoms with van der Waals surface area (Å²) in [5.41, 5.74) is -0.274. The van der Waals surface area contributed by atoms with Crippen LogP contribution in [0.1, 0.15) is 34.1 Å². The summed E-state index contributed by atoms with van der Waals surface area (Å²) in [6, 6.07) is 19.6. The Bertz CT molecular complexity index is 750. The Morgan fingerprint density at radius 1 is 1.03 bits per heavy atom. The van der Waals surface area contributed by atoms with E-state index in [0.717, 1.165) is 10.4 Å². The van der Waals surface area contributed by atoms with E-state index in [0.29, 0.717) is 6.61 Å². The number of methoxy groups -OCH3 is 1. The van der Waals surface area contributed by atoms with Gasteiger partial charge in [-0.3, -0.25) is 4.79 Å². The first kappa shape index (κ1) is 24.5. The molecule has 0 bridgehead atoms. The molecule has 0 aliphatic carbocycles. The predicted octanol–water partition coefficient (Wildman–Crippen LogP) is 3.75. The number of esters is 1. The normalized spacial score (nSPS) is 14.4. The SMILES string of the molecule is COC(=O)CC(C(C)CO[Si](C)C(C)(C)C)[Si](O)(c1ccccc1)c1ccccc1. The van der Waals surface area contributed by atoms with Gasteiger partial charge in [-0.1, -0.05) is 88.4 Å². The molecule has 0 aliphatic rings. The molecule has 163 valence electrons. The summed E-state index contributed by atoms with van der Waals surface area (Å²) >= 11 is 0. The van der Waals surface area contributed by atoms with Crippen molar-refractivity contribution in [2.24, 2.45) is 5.92 Å². The van der Waals surface area contributed by atoms with Crippen LogP contribution in [-0.4, -0.2) is 41.8 Å². The summed E-state index contributed by atoms with van der Waals surface area (Å²) in [4.78, 5) is 24.7. The molecule has 0 heterocycles. The summed E-state index contributed by atoms with van der Waals surface area (Å²) in [6.07, 6.45) is 0.162. The van der Waals surface area contributed by atoms with E-state index < -0.39 is 17.4 Å². The Hall–Kier alpha value is -1.74. The van der Waals surface area contributed by atoms with Crippen molar-refractivity contribution < 1.29 is 18.8 Å². The maximum Gasteiger partial charge on any atom is 0.305 e. The molecule has 0 aliphatic heterocycles. The van der Waals surface area contributed by atoms with Gasteiger partial charge < -0.3 is 14.0 Å². The summed E-state index contributed by atoms with van der Waals surface area (Å²) in [5.74, 6) is -0.314. The van der Waals surface area contributed by atoms with E-state index in [4.69, 9.17) is 9.16 Å². The van der Waals surface area contributed by atoms with Crippen molar-refractivity contribution in [1.82, 2.24) is 0 Å². The van der Waals surface area contributed by atoms with Gasteiger partial charge in [0.25, 0.3) is 8.32 Å². The molecule has 2 aromatic carbocycles. The van der Waals surface area contributed by atoms with Crippen LogP contribution in [0.2, 0.25) is 17.1 Å². The van der Waals surface area contributed by atoms with Gasteiger partial charge in [0.15, 0.2) is 0 Å². The molecule has 2 aromatic rings. The Kier molecular flexibility index (Phi) is 8.61. The summed E-state index contributed by atoms with van der Waals surface area (Å²) in [6.45, 7) is 11.3. The van der Waals surface area contributed by atoms with Crippen molar-refractivity contribution in [3.8, 4) is 0 Å². The fraction of sp³-hybridized carbons (Fsp3) is 0.458. The lowest BCUT2D eigenvalue weighted by molar-refractivity contribution is -0.141. The number of ether oxygens (including phenoxy) is 1. The summed E-state index contributed by atoms with van der Waals surface area (Å²) in [5, 5.41) is 1.92. The molecule has 0 saturated heterocycles. The van der Waals surface area contributed by atoms with Crippen LogP contribution in [0.3, 0.4) is 0 Å². The zero-order chi connectivity index (χ0) is 22.4. The van der Waals surface area contributed by atoms with E-state index in [1.165, 1.54) is 7.11 Å². The fourth-order valence-corrected chi connectivity index (χ4v) is 8.51. The van der Waals surface area contributed by atoms with Gasteiger partial charge in [-0.05, 0) is 27.9 Å². The second-order valence-electron chi connectivity index (χ2n) is 8.98. The lowest BCUT2D eigenvalue weighted by Gasteiger charge is -2.38. The topological polar surface area (TPSA) is 55.8 Å². The minimum absolute atomic E-state index is 0.0107. The second kappa shape index (κ2) is 10.5. The number of benzene rings is 2. The average molecular weight is 444 g/mol. The smallest absolute Gasteiger partial charge is 0.305 e. The van der Waals surface area contributed by atoms with Gasteiger partial charge in [-0.25, -0.2) is 0 Å². The zero-order valence-corrected chi connectivity index (χ0v) is 21.0. The molecule has 0 amide bonds. The van der Waals surface area contributed by atoms with Gasteiger partial charge >= 0.3 is 5.97 Å². The average Bonchev–Trinajstić information content (AvgIpc) is 2.75. The molecule has 2 rings (SSSR count). The van der Waals surface area contributed by atoms with Crippen LogP contribution in [0, 0.1) is 5.92 Å². The Morgan fingerprint density at radius 3 is 1.90 bits per heavy atom. The van der Waals surface area contributed by atoms with Crippen molar-refractivity contribution >= 4 is 33.7 Å². The third kappa shape index (κ3) is 5.91. The highest BCUT2D eigenvalue weighted by Gasteiger charge is 2.47. The number of carbonyl (C=O) groups excluding carboxylic acids is 1. The molecule has 1 radical (unpaired) electrons. The molecule has 0 aromatic heterocycles. The number of carbonyl (C=O) groups is 1. The van der Waals surface area contributed by atoms with Crippen molar-refractivity contribution in [2.45, 2.75) is 51.2 Å². The molecule has 0 saturated carbocycles. The third-order valence-corrected chi connectivity index (χ3v) is 12.9. The van der Waals surface area contributed by atoms with Crippen LogP contribution in [0.15, 0.2) is 60.7 Å². The zero-order valence-electron chi connectivity index (χ0n) is 19.0. The second-order valence-corrected chi connectivity index (χ2v) is 15.3. The third-order valence-electron chi connectivity index (χ3n) is 5.88. The van der Waals surface area contributed by atoms with E-state index in [1.807, 2.05) is 60.7 Å². The van der Waals surface area contributed by atoms with Gasteiger partial charge in [0.2, 0.25) is 9.04 Å². The molecule has 6 heteroatoms. The van der Waals surface area contributed by atoms with Crippen LogP contribution in [0.25, 0.3) is 0 Å². The largest absolute Gasteiger partial charge is 0.469 e. The fourth-order valence-electron chi connectivity index (χ4n) is 3.59. The molecule has 2 unspecified atom stereocenters. The molecule has 2 atom stereocenters. The first-order chi connectivity index (χ1) is 14.1. The summed E-state index contributed by atoms with van der Waals surface area (Å²) < 4.78 is 11.3. The maximum atomic E-state index is 12.4. The lowest BCUT2D eigenvalue weighted by atomic mass is 10.1. The van der Waals surface area contributed by atoms with Gasteiger partial charge in [0.1, 0.15) is 0 Å². The standard InChI is InChI=1S/C24H35O4Si2/c1-19(18-28-29(6)24(2,3)4)22(17-23(25)27-5)30(26,20-13-9-7-10-14-20)21-15-11-8-12-16-21/h7-16,19,22,26H,17-18H2,1-6H3. The molecule has 30 heavy (non-hydrogen) atoms. The van der Waals surface area contributed by atoms with Gasteiger partial charge in [0.05, 0.1) is 7.11 Å². The van der Waals surface area contributed by atoms with Crippen LogP contribution < -0.4 is 10.4 Å². The first-order valence-electron chi connectivity index (χ1n) is 10.5. The minimum Gasteiger partial charge on any atom is -0.469 e. The van der Waals surface area contributed by atoms with E-state index in [9.17, 15) is 9.59 Å². The van der Waals surface area contributed by atoms with Crippen molar-refractivity contribution in [2.75, 3.05) is 13.7 Å². The van der Waals surface area contributed by atoms with Crippen LogP contribution >= 0.6 is 0 Å². The minimum atomic E-state index is -3.26. The molecule has 1 N–H and O–H groups in total. The molecule has 0 fully saturated rings. The number of hydrogen-bond donors (Lipinski definition) is 1. The number of hydrogen-bond acceptors (Lipinski definition) is 4. The lowest BCUT2D eigenvalue weighted by Crippen LogP contribution is -2.64. The van der Waals surface area contributed by atoms with Crippen LogP contribution in [-0.2, 0) is 14.0 Å². The summed E-state index contributed by atoms with van der Waals surface area (Å²) in [7, 11) is -2.88. The van der Waals surface area contributed by atoms with Crippen LogP contribution in [0.4, 0.5) is 0 Å². The Balaban J connectivity index is 2.47.